The zero-order chi connectivity index (χ0) is 18.5. The number of carbonyl (C=O) groups excluding carboxylic acids is 1. The summed E-state index contributed by atoms with van der Waals surface area (Å²) >= 11 is 0. The number of pyridine rings is 1. The summed E-state index contributed by atoms with van der Waals surface area (Å²) in [5.41, 5.74) is -0.758. The molecule has 2 saturated carbocycles. The fourth-order valence-electron chi connectivity index (χ4n) is 4.41. The Hall–Kier alpha value is -2.38. The first-order valence-electron chi connectivity index (χ1n) is 8.71. The van der Waals surface area contributed by atoms with Crippen LogP contribution in [0.2, 0.25) is 0 Å². The van der Waals surface area contributed by atoms with Crippen molar-refractivity contribution < 1.29 is 18.0 Å². The van der Waals surface area contributed by atoms with E-state index in [1.165, 1.54) is 16.8 Å². The van der Waals surface area contributed by atoms with E-state index in [9.17, 15) is 18.0 Å². The maximum Gasteiger partial charge on any atom is 0.418 e. The first-order chi connectivity index (χ1) is 12.3. The number of carbonyl (C=O) groups is 1. The Kier molecular flexibility index (Phi) is 4.00. The van der Waals surface area contributed by atoms with Crippen LogP contribution in [-0.4, -0.2) is 20.7 Å². The van der Waals surface area contributed by atoms with Gasteiger partial charge in [0.1, 0.15) is 5.82 Å². The van der Waals surface area contributed by atoms with E-state index in [1.54, 1.807) is 13.2 Å². The maximum absolute atomic E-state index is 13.3. The zero-order valence-electron chi connectivity index (χ0n) is 14.3. The molecule has 0 saturated heterocycles. The van der Waals surface area contributed by atoms with Gasteiger partial charge in [-0.25, -0.2) is 4.98 Å². The zero-order valence-corrected chi connectivity index (χ0v) is 14.3. The molecular weight excluding hydrogens is 345 g/mol. The van der Waals surface area contributed by atoms with Gasteiger partial charge in [0.15, 0.2) is 0 Å². The summed E-state index contributed by atoms with van der Waals surface area (Å²) in [4.78, 5) is 16.4. The molecule has 8 heteroatoms. The van der Waals surface area contributed by atoms with Crippen LogP contribution in [0.15, 0.2) is 24.5 Å². The number of amides is 1. The number of rotatable bonds is 3. The summed E-state index contributed by atoms with van der Waals surface area (Å²) in [6.45, 7) is 0. The molecule has 2 aliphatic rings. The van der Waals surface area contributed by atoms with E-state index >= 15 is 0 Å². The third-order valence-corrected chi connectivity index (χ3v) is 5.59. The number of nitrogens with one attached hydrogen (secondary N) is 1. The SMILES string of the molecule is Cn1ccc(-c2cc(NC(=O)C3C4CCC3CC4)ncc2C(F)(F)F)n1. The smallest absolute Gasteiger partial charge is 0.310 e. The highest BCUT2D eigenvalue weighted by atomic mass is 19.4. The number of aryl methyl sites for hydroxylation is 1. The molecule has 2 aromatic rings. The predicted octanol–water partition coefficient (Wildman–Crippen LogP) is 3.88. The Morgan fingerprint density at radius 3 is 2.42 bits per heavy atom. The Balaban J connectivity index is 1.64. The predicted molar refractivity (Wildman–Crippen MR) is 89.0 cm³/mol. The first-order valence-corrected chi connectivity index (χ1v) is 8.71. The highest BCUT2D eigenvalue weighted by molar-refractivity contribution is 5.93. The molecule has 2 fully saturated rings. The lowest BCUT2D eigenvalue weighted by molar-refractivity contribution is -0.137. The Bertz CT molecular complexity index is 825. The summed E-state index contributed by atoms with van der Waals surface area (Å²) in [6.07, 6.45) is 2.02. The largest absolute Gasteiger partial charge is 0.418 e. The van der Waals surface area contributed by atoms with Gasteiger partial charge < -0.3 is 5.32 Å². The highest BCUT2D eigenvalue weighted by Crippen LogP contribution is 2.49. The normalized spacial score (nSPS) is 24.8. The third kappa shape index (κ3) is 2.97. The topological polar surface area (TPSA) is 59.8 Å². The van der Waals surface area contributed by atoms with Crippen LogP contribution in [-0.2, 0) is 18.0 Å². The minimum atomic E-state index is -4.55. The van der Waals surface area contributed by atoms with Crippen molar-refractivity contribution in [2.24, 2.45) is 24.8 Å². The molecule has 26 heavy (non-hydrogen) atoms. The molecule has 2 bridgehead atoms. The molecule has 0 aliphatic heterocycles. The summed E-state index contributed by atoms with van der Waals surface area (Å²) in [5, 5.41) is 6.79. The number of anilines is 1. The van der Waals surface area contributed by atoms with Crippen LogP contribution in [0.3, 0.4) is 0 Å². The number of hydrogen-bond donors (Lipinski definition) is 1. The molecule has 0 aromatic carbocycles. The van der Waals surface area contributed by atoms with Crippen molar-refractivity contribution in [2.45, 2.75) is 31.9 Å². The molecule has 138 valence electrons. The molecule has 2 heterocycles. The minimum absolute atomic E-state index is 0.0441. The van der Waals surface area contributed by atoms with Crippen LogP contribution in [0.5, 0.6) is 0 Å². The van der Waals surface area contributed by atoms with Gasteiger partial charge in [-0.05, 0) is 49.7 Å². The van der Waals surface area contributed by atoms with Crippen LogP contribution in [0, 0.1) is 17.8 Å². The molecule has 0 atom stereocenters. The third-order valence-electron chi connectivity index (χ3n) is 5.59. The average molecular weight is 364 g/mol. The highest BCUT2D eigenvalue weighted by Gasteiger charge is 2.45. The van der Waals surface area contributed by atoms with E-state index in [-0.39, 0.29) is 28.9 Å². The number of alkyl halides is 3. The van der Waals surface area contributed by atoms with Gasteiger partial charge in [-0.2, -0.15) is 18.3 Å². The summed E-state index contributed by atoms with van der Waals surface area (Å²) in [6, 6.07) is 2.77. The van der Waals surface area contributed by atoms with Crippen molar-refractivity contribution in [1.82, 2.24) is 14.8 Å². The average Bonchev–Trinajstić information content (AvgIpc) is 3.29. The summed E-state index contributed by atoms with van der Waals surface area (Å²) in [5.74, 6) is 0.746. The second-order valence-electron chi connectivity index (χ2n) is 7.18. The van der Waals surface area contributed by atoms with Crippen LogP contribution in [0.25, 0.3) is 11.3 Å². The fraction of sp³-hybridized carbons (Fsp3) is 0.500. The first kappa shape index (κ1) is 17.1. The van der Waals surface area contributed by atoms with Gasteiger partial charge in [0.2, 0.25) is 5.91 Å². The molecule has 1 N–H and O–H groups in total. The van der Waals surface area contributed by atoms with Crippen LogP contribution < -0.4 is 5.32 Å². The molecule has 4 rings (SSSR count). The number of fused-ring (bicyclic) bond motifs is 2. The number of aromatic nitrogens is 3. The molecule has 2 aliphatic carbocycles. The second-order valence-corrected chi connectivity index (χ2v) is 7.18. The quantitative estimate of drug-likeness (QED) is 0.899. The molecule has 0 spiro atoms. The molecule has 1 amide bonds. The Labute approximate surface area is 148 Å². The van der Waals surface area contributed by atoms with Crippen molar-refractivity contribution in [2.75, 3.05) is 5.32 Å². The van der Waals surface area contributed by atoms with E-state index < -0.39 is 11.7 Å². The standard InChI is InChI=1S/C18H19F3N4O/c1-25-7-6-14(24-25)12-8-15(22-9-13(12)18(19,20)21)23-17(26)16-10-2-3-11(16)5-4-10/h6-11,16H,2-5H2,1H3,(H,22,23,26). The van der Waals surface area contributed by atoms with Gasteiger partial charge in [-0.15, -0.1) is 0 Å². The van der Waals surface area contributed by atoms with Crippen molar-refractivity contribution in [3.05, 3.63) is 30.1 Å². The summed E-state index contributed by atoms with van der Waals surface area (Å²) < 4.78 is 41.4. The van der Waals surface area contributed by atoms with Gasteiger partial charge in [0, 0.05) is 30.9 Å². The lowest BCUT2D eigenvalue weighted by Gasteiger charge is -2.16. The molecule has 0 radical (unpaired) electrons. The van der Waals surface area contributed by atoms with E-state index in [1.807, 2.05) is 0 Å². The van der Waals surface area contributed by atoms with Gasteiger partial charge in [-0.1, -0.05) is 0 Å². The van der Waals surface area contributed by atoms with Crippen molar-refractivity contribution in [3.63, 3.8) is 0 Å². The molecule has 2 aromatic heterocycles. The van der Waals surface area contributed by atoms with Crippen molar-refractivity contribution >= 4 is 11.7 Å². The lowest BCUT2D eigenvalue weighted by atomic mass is 9.97. The van der Waals surface area contributed by atoms with Crippen LogP contribution in [0.1, 0.15) is 31.2 Å². The van der Waals surface area contributed by atoms with Crippen LogP contribution in [0.4, 0.5) is 19.0 Å². The second kappa shape index (κ2) is 6.10. The summed E-state index contributed by atoms with van der Waals surface area (Å²) in [7, 11) is 1.64. The minimum Gasteiger partial charge on any atom is -0.310 e. The van der Waals surface area contributed by atoms with Gasteiger partial charge >= 0.3 is 6.18 Å². The lowest BCUT2D eigenvalue weighted by Crippen LogP contribution is -2.26. The monoisotopic (exact) mass is 364 g/mol. The number of halogens is 3. The molecule has 5 nitrogen and oxygen atoms in total. The van der Waals surface area contributed by atoms with E-state index in [0.717, 1.165) is 31.9 Å². The van der Waals surface area contributed by atoms with Crippen molar-refractivity contribution in [1.29, 1.82) is 0 Å². The van der Waals surface area contributed by atoms with Crippen molar-refractivity contribution in [3.8, 4) is 11.3 Å². The Morgan fingerprint density at radius 2 is 1.88 bits per heavy atom. The number of nitrogens with zero attached hydrogens (tertiary/aromatic N) is 3. The van der Waals surface area contributed by atoms with Gasteiger partial charge in [-0.3, -0.25) is 9.48 Å². The maximum atomic E-state index is 13.3. The Morgan fingerprint density at radius 1 is 1.23 bits per heavy atom. The van der Waals surface area contributed by atoms with Crippen LogP contribution >= 0.6 is 0 Å². The number of hydrogen-bond acceptors (Lipinski definition) is 3. The van der Waals surface area contributed by atoms with E-state index in [4.69, 9.17) is 0 Å². The fourth-order valence-corrected chi connectivity index (χ4v) is 4.41. The van der Waals surface area contributed by atoms with Gasteiger partial charge in [0.05, 0.1) is 11.3 Å². The van der Waals surface area contributed by atoms with E-state index in [2.05, 4.69) is 15.4 Å². The van der Waals surface area contributed by atoms with E-state index in [0.29, 0.717) is 11.8 Å². The molecule has 0 unspecified atom stereocenters. The van der Waals surface area contributed by atoms with Gasteiger partial charge in [0.25, 0.3) is 0 Å². The molecular formula is C18H19F3N4O.